The zero-order chi connectivity index (χ0) is 22.5. The van der Waals surface area contributed by atoms with Gasteiger partial charge >= 0.3 is 0 Å². The van der Waals surface area contributed by atoms with Gasteiger partial charge in [0.05, 0.1) is 11.5 Å². The van der Waals surface area contributed by atoms with Crippen LogP contribution >= 0.6 is 0 Å². The maximum Gasteiger partial charge on any atom is 0.197 e. The van der Waals surface area contributed by atoms with E-state index < -0.39 is 6.10 Å². The minimum atomic E-state index is -0.537. The van der Waals surface area contributed by atoms with E-state index in [0.717, 1.165) is 41.9 Å². The molecule has 0 spiro atoms. The summed E-state index contributed by atoms with van der Waals surface area (Å²) in [6.07, 6.45) is 2.46. The average Bonchev–Trinajstić information content (AvgIpc) is 3.23. The lowest BCUT2D eigenvalue weighted by atomic mass is 9.73. The number of hydrogen-bond acceptors (Lipinski definition) is 4. The molecule has 30 heavy (non-hydrogen) atoms. The number of rotatable bonds is 10. The molecule has 0 aliphatic heterocycles. The Labute approximate surface area is 181 Å². The number of benzene rings is 1. The van der Waals surface area contributed by atoms with E-state index in [-0.39, 0.29) is 23.2 Å². The first-order chi connectivity index (χ1) is 14.1. The van der Waals surface area contributed by atoms with E-state index in [0.29, 0.717) is 12.2 Å². The van der Waals surface area contributed by atoms with Crippen LogP contribution < -0.4 is 4.74 Å². The quantitative estimate of drug-likeness (QED) is 0.462. The zero-order valence-electron chi connectivity index (χ0n) is 19.7. The van der Waals surface area contributed by atoms with Crippen LogP contribution in [0.1, 0.15) is 95.2 Å². The Balaban J connectivity index is 2.39. The molecule has 0 bridgehead atoms. The fourth-order valence-electron chi connectivity index (χ4n) is 3.78. The number of hydrogen-bond donors (Lipinski definition) is 1. The molecule has 0 aliphatic carbocycles. The number of ether oxygens (including phenoxy) is 1. The van der Waals surface area contributed by atoms with Gasteiger partial charge in [0.25, 0.3) is 0 Å². The third-order valence-electron chi connectivity index (χ3n) is 6.27. The lowest BCUT2D eigenvalue weighted by Crippen LogP contribution is -2.32. The normalized spacial score (nSPS) is 13.3. The van der Waals surface area contributed by atoms with Crippen LogP contribution in [-0.4, -0.2) is 23.6 Å². The summed E-state index contributed by atoms with van der Waals surface area (Å²) in [7, 11) is 0. The first-order valence-corrected chi connectivity index (χ1v) is 11.2. The Morgan fingerprint density at radius 1 is 1.07 bits per heavy atom. The van der Waals surface area contributed by atoms with Crippen LogP contribution in [0.3, 0.4) is 0 Å². The number of carbonyl (C=O) groups excluding carboxylic acids is 1. The summed E-state index contributed by atoms with van der Waals surface area (Å²) in [5.74, 6) is 2.11. The largest absolute Gasteiger partial charge is 0.491 e. The Bertz CT molecular complexity index is 837. The van der Waals surface area contributed by atoms with Gasteiger partial charge in [0.15, 0.2) is 11.5 Å². The minimum Gasteiger partial charge on any atom is -0.491 e. The fraction of sp³-hybridized carbons (Fsp3) is 0.577. The van der Waals surface area contributed by atoms with Crippen molar-refractivity contribution >= 4 is 5.78 Å². The van der Waals surface area contributed by atoms with Crippen molar-refractivity contribution in [2.75, 3.05) is 6.61 Å². The average molecular weight is 415 g/mol. The Hall–Kier alpha value is -2.07. The molecule has 2 aromatic rings. The summed E-state index contributed by atoms with van der Waals surface area (Å²) in [6, 6.07) is 10.0. The van der Waals surface area contributed by atoms with Gasteiger partial charge in [-0.15, -0.1) is 0 Å². The third-order valence-corrected chi connectivity index (χ3v) is 6.27. The molecular formula is C26H38O4. The molecule has 1 heterocycles. The highest BCUT2D eigenvalue weighted by Gasteiger charge is 2.35. The van der Waals surface area contributed by atoms with Crippen molar-refractivity contribution < 1.29 is 19.1 Å². The van der Waals surface area contributed by atoms with Crippen LogP contribution in [-0.2, 0) is 11.8 Å². The van der Waals surface area contributed by atoms with Gasteiger partial charge in [0.1, 0.15) is 18.1 Å². The standard InChI is InChI=1S/C26H38O4/c1-8-18-16-19(12-13-21(18)29-17-23(28)25(5,6)7)26(10-3,11-4)24-15-14-22(30-24)20(27)9-2/h12-16,23,28H,8-11,17H2,1-7H3. The molecule has 1 atom stereocenters. The van der Waals surface area contributed by atoms with Crippen molar-refractivity contribution in [1.82, 2.24) is 0 Å². The Morgan fingerprint density at radius 2 is 1.73 bits per heavy atom. The summed E-state index contributed by atoms with van der Waals surface area (Å²) in [5, 5.41) is 10.3. The molecule has 1 aromatic carbocycles. The summed E-state index contributed by atoms with van der Waals surface area (Å²) in [6.45, 7) is 14.5. The molecule has 0 amide bonds. The van der Waals surface area contributed by atoms with Gasteiger partial charge in [-0.25, -0.2) is 0 Å². The van der Waals surface area contributed by atoms with Crippen LogP contribution in [0.15, 0.2) is 34.7 Å². The molecule has 4 heteroatoms. The van der Waals surface area contributed by atoms with Crippen molar-refractivity contribution in [2.24, 2.45) is 5.41 Å². The molecule has 4 nitrogen and oxygen atoms in total. The van der Waals surface area contributed by atoms with Gasteiger partial charge in [0, 0.05) is 6.42 Å². The van der Waals surface area contributed by atoms with Crippen molar-refractivity contribution in [3.63, 3.8) is 0 Å². The van der Waals surface area contributed by atoms with E-state index in [1.165, 1.54) is 0 Å². The summed E-state index contributed by atoms with van der Waals surface area (Å²) in [5.41, 5.74) is 1.76. The Morgan fingerprint density at radius 3 is 2.27 bits per heavy atom. The Kier molecular flexibility index (Phi) is 7.93. The highest BCUT2D eigenvalue weighted by atomic mass is 16.5. The van der Waals surface area contributed by atoms with E-state index in [2.05, 4.69) is 32.9 Å². The van der Waals surface area contributed by atoms with Crippen molar-refractivity contribution in [2.45, 2.75) is 85.7 Å². The van der Waals surface area contributed by atoms with E-state index in [9.17, 15) is 9.90 Å². The first kappa shape index (κ1) is 24.2. The lowest BCUT2D eigenvalue weighted by molar-refractivity contribution is 0.0215. The van der Waals surface area contributed by atoms with Crippen LogP contribution in [0.4, 0.5) is 0 Å². The summed E-state index contributed by atoms with van der Waals surface area (Å²) >= 11 is 0. The molecule has 0 aliphatic rings. The number of ketones is 1. The SMILES string of the molecule is CCC(=O)c1ccc(C(CC)(CC)c2ccc(OCC(O)C(C)(C)C)c(CC)c2)o1. The second kappa shape index (κ2) is 9.82. The third kappa shape index (κ3) is 4.97. The highest BCUT2D eigenvalue weighted by molar-refractivity contribution is 5.93. The fourth-order valence-corrected chi connectivity index (χ4v) is 3.78. The van der Waals surface area contributed by atoms with Gasteiger partial charge in [-0.2, -0.15) is 0 Å². The molecule has 1 aromatic heterocycles. The molecular weight excluding hydrogens is 376 g/mol. The lowest BCUT2D eigenvalue weighted by Gasteiger charge is -2.31. The highest BCUT2D eigenvalue weighted by Crippen LogP contribution is 2.41. The van der Waals surface area contributed by atoms with Crippen LogP contribution in [0.5, 0.6) is 5.75 Å². The van der Waals surface area contributed by atoms with Gasteiger partial charge in [-0.3, -0.25) is 4.79 Å². The zero-order valence-corrected chi connectivity index (χ0v) is 19.7. The number of aryl methyl sites for hydroxylation is 1. The predicted octanol–water partition coefficient (Wildman–Crippen LogP) is 6.33. The first-order valence-electron chi connectivity index (χ1n) is 11.2. The van der Waals surface area contributed by atoms with Gasteiger partial charge in [-0.1, -0.05) is 60.6 Å². The summed E-state index contributed by atoms with van der Waals surface area (Å²) < 4.78 is 12.0. The minimum absolute atomic E-state index is 0.0257. The molecule has 0 saturated heterocycles. The second-order valence-corrected chi connectivity index (χ2v) is 9.10. The number of aliphatic hydroxyl groups is 1. The number of carbonyl (C=O) groups is 1. The van der Waals surface area contributed by atoms with Crippen LogP contribution in [0.2, 0.25) is 0 Å². The van der Waals surface area contributed by atoms with Crippen molar-refractivity contribution in [3.05, 3.63) is 53.0 Å². The number of aliphatic hydroxyl groups excluding tert-OH is 1. The molecule has 2 rings (SSSR count). The van der Waals surface area contributed by atoms with Crippen molar-refractivity contribution in [3.8, 4) is 5.75 Å². The van der Waals surface area contributed by atoms with Crippen molar-refractivity contribution in [1.29, 1.82) is 0 Å². The number of furan rings is 1. The molecule has 1 N–H and O–H groups in total. The molecule has 0 radical (unpaired) electrons. The van der Waals surface area contributed by atoms with E-state index in [4.69, 9.17) is 9.15 Å². The summed E-state index contributed by atoms with van der Waals surface area (Å²) in [4.78, 5) is 12.1. The molecule has 0 saturated carbocycles. The molecule has 1 unspecified atom stereocenters. The van der Waals surface area contributed by atoms with E-state index in [1.54, 1.807) is 6.07 Å². The molecule has 0 fully saturated rings. The second-order valence-electron chi connectivity index (χ2n) is 9.10. The van der Waals surface area contributed by atoms with E-state index in [1.807, 2.05) is 39.8 Å². The predicted molar refractivity (Wildman–Crippen MR) is 121 cm³/mol. The van der Waals surface area contributed by atoms with Gasteiger partial charge in [0.2, 0.25) is 0 Å². The van der Waals surface area contributed by atoms with Crippen LogP contribution in [0.25, 0.3) is 0 Å². The smallest absolute Gasteiger partial charge is 0.197 e. The molecule has 166 valence electrons. The van der Waals surface area contributed by atoms with Gasteiger partial charge in [-0.05, 0) is 54.0 Å². The topological polar surface area (TPSA) is 59.7 Å². The maximum absolute atomic E-state index is 12.1. The van der Waals surface area contributed by atoms with E-state index >= 15 is 0 Å². The maximum atomic E-state index is 12.1. The van der Waals surface area contributed by atoms with Gasteiger partial charge < -0.3 is 14.3 Å². The van der Waals surface area contributed by atoms with Crippen LogP contribution in [0, 0.1) is 5.41 Å². The number of Topliss-reactive ketones (excluding diaryl/α,β-unsaturated/α-hetero) is 1. The monoisotopic (exact) mass is 414 g/mol.